The summed E-state index contributed by atoms with van der Waals surface area (Å²) < 4.78 is 64.7. The summed E-state index contributed by atoms with van der Waals surface area (Å²) in [5, 5.41) is 6.14. The number of guanidine groups is 1. The smallest absolute Gasteiger partial charge is 0.405 e. The predicted octanol–water partition coefficient (Wildman–Crippen LogP) is 3.90. The van der Waals surface area contributed by atoms with E-state index in [-0.39, 0.29) is 41.2 Å². The van der Waals surface area contributed by atoms with Gasteiger partial charge in [-0.3, -0.25) is 0 Å². The van der Waals surface area contributed by atoms with Gasteiger partial charge in [0.2, 0.25) is 0 Å². The molecule has 0 radical (unpaired) electrons. The lowest BCUT2D eigenvalue weighted by Gasteiger charge is -2.14. The van der Waals surface area contributed by atoms with Crippen LogP contribution in [0.2, 0.25) is 0 Å². The van der Waals surface area contributed by atoms with Crippen LogP contribution in [0.3, 0.4) is 0 Å². The van der Waals surface area contributed by atoms with Crippen LogP contribution in [0.5, 0.6) is 5.75 Å². The number of sulfone groups is 1. The number of para-hydroxylation sites is 1. The summed E-state index contributed by atoms with van der Waals surface area (Å²) in [6, 6.07) is 12.5. The second kappa shape index (κ2) is 12.1. The van der Waals surface area contributed by atoms with E-state index in [9.17, 15) is 21.6 Å². The van der Waals surface area contributed by atoms with Crippen LogP contribution in [0, 0.1) is 0 Å². The third-order valence-electron chi connectivity index (χ3n) is 4.01. The fraction of sp³-hybridized carbons (Fsp3) is 0.350. The minimum Gasteiger partial charge on any atom is -0.405 e. The lowest BCUT2D eigenvalue weighted by molar-refractivity contribution is -0.274. The zero-order valence-electron chi connectivity index (χ0n) is 17.1. The highest BCUT2D eigenvalue weighted by Crippen LogP contribution is 2.26. The van der Waals surface area contributed by atoms with Gasteiger partial charge in [-0.05, 0) is 37.1 Å². The van der Waals surface area contributed by atoms with Gasteiger partial charge in [-0.15, -0.1) is 37.1 Å². The number of hydrogen-bond donors (Lipinski definition) is 2. The van der Waals surface area contributed by atoms with Crippen molar-refractivity contribution >= 4 is 39.8 Å². The van der Waals surface area contributed by atoms with Crippen molar-refractivity contribution in [1.82, 2.24) is 10.6 Å². The topological polar surface area (TPSA) is 79.8 Å². The number of benzene rings is 2. The number of rotatable bonds is 8. The number of nitrogens with zero attached hydrogens (tertiary/aromatic N) is 1. The van der Waals surface area contributed by atoms with Crippen molar-refractivity contribution in [3.8, 4) is 5.75 Å². The molecule has 0 atom stereocenters. The Morgan fingerprint density at radius 3 is 2.29 bits per heavy atom. The number of nitrogens with one attached hydrogen (secondary N) is 2. The minimum absolute atomic E-state index is 0. The first-order valence-corrected chi connectivity index (χ1v) is 11.1. The fourth-order valence-electron chi connectivity index (χ4n) is 2.59. The van der Waals surface area contributed by atoms with Crippen molar-refractivity contribution in [2.24, 2.45) is 4.99 Å². The Morgan fingerprint density at radius 1 is 1.06 bits per heavy atom. The van der Waals surface area contributed by atoms with Crippen molar-refractivity contribution in [3.63, 3.8) is 0 Å². The summed E-state index contributed by atoms with van der Waals surface area (Å²) in [6.45, 7) is 2.97. The number of halogens is 4. The Hall–Kier alpha value is -2.02. The van der Waals surface area contributed by atoms with E-state index < -0.39 is 16.2 Å². The average Bonchev–Trinajstić information content (AvgIpc) is 2.65. The third-order valence-corrected chi connectivity index (χ3v) is 5.14. The van der Waals surface area contributed by atoms with Crippen LogP contribution in [-0.2, 0) is 22.8 Å². The number of alkyl halides is 3. The molecule has 0 heterocycles. The first-order valence-electron chi connectivity index (χ1n) is 9.23. The summed E-state index contributed by atoms with van der Waals surface area (Å²) in [5.74, 6) is 0.169. The first-order chi connectivity index (χ1) is 14.1. The van der Waals surface area contributed by atoms with Gasteiger partial charge in [0, 0.05) is 24.9 Å². The molecule has 11 heteroatoms. The molecule has 6 nitrogen and oxygen atoms in total. The molecule has 2 N–H and O–H groups in total. The zero-order chi connectivity index (χ0) is 22.2. The Morgan fingerprint density at radius 2 is 1.71 bits per heavy atom. The third kappa shape index (κ3) is 9.76. The molecule has 0 unspecified atom stereocenters. The van der Waals surface area contributed by atoms with E-state index in [4.69, 9.17) is 0 Å². The standard InChI is InChI=1S/C20H24F3N3O3S.HI/c1-3-24-19(25-13-12-15-8-10-17(11-9-15)30(2,27)28)26-14-16-6-4-5-7-18(16)29-20(21,22)23;/h4-11H,3,12-14H2,1-2H3,(H2,24,25,26);1H. The fourth-order valence-corrected chi connectivity index (χ4v) is 3.22. The normalized spacial score (nSPS) is 12.1. The molecule has 0 bridgehead atoms. The Labute approximate surface area is 197 Å². The lowest BCUT2D eigenvalue weighted by Crippen LogP contribution is -2.38. The van der Waals surface area contributed by atoms with Crippen LogP contribution in [0.4, 0.5) is 13.2 Å². The van der Waals surface area contributed by atoms with Gasteiger partial charge in [0.1, 0.15) is 5.75 Å². The van der Waals surface area contributed by atoms with Crippen LogP contribution in [0.25, 0.3) is 0 Å². The van der Waals surface area contributed by atoms with E-state index in [1.165, 1.54) is 18.2 Å². The number of ether oxygens (including phenoxy) is 1. The van der Waals surface area contributed by atoms with E-state index in [0.717, 1.165) is 11.8 Å². The van der Waals surface area contributed by atoms with Crippen molar-refractivity contribution in [2.75, 3.05) is 19.3 Å². The second-order valence-corrected chi connectivity index (χ2v) is 8.46. The summed E-state index contributed by atoms with van der Waals surface area (Å²) in [6.07, 6.45) is -3.00. The van der Waals surface area contributed by atoms with Gasteiger partial charge in [0.15, 0.2) is 15.8 Å². The number of hydrogen-bond acceptors (Lipinski definition) is 4. The largest absolute Gasteiger partial charge is 0.573 e. The summed E-state index contributed by atoms with van der Waals surface area (Å²) in [5.41, 5.74) is 1.25. The molecule has 31 heavy (non-hydrogen) atoms. The molecule has 0 saturated carbocycles. The van der Waals surface area contributed by atoms with E-state index >= 15 is 0 Å². The molecule has 0 aliphatic heterocycles. The SMILES string of the molecule is CCNC(=NCc1ccccc1OC(F)(F)F)NCCc1ccc(S(C)(=O)=O)cc1.I. The van der Waals surface area contributed by atoms with Crippen molar-refractivity contribution in [1.29, 1.82) is 0 Å². The molecule has 0 amide bonds. The van der Waals surface area contributed by atoms with Gasteiger partial charge in [0.05, 0.1) is 11.4 Å². The maximum absolute atomic E-state index is 12.5. The van der Waals surface area contributed by atoms with Crippen LogP contribution in [-0.4, -0.2) is 40.1 Å². The molecule has 172 valence electrons. The molecule has 2 aromatic rings. The van der Waals surface area contributed by atoms with Crippen LogP contribution in [0.15, 0.2) is 58.4 Å². The second-order valence-electron chi connectivity index (χ2n) is 6.44. The van der Waals surface area contributed by atoms with E-state index in [1.807, 2.05) is 6.92 Å². The highest BCUT2D eigenvalue weighted by atomic mass is 127. The monoisotopic (exact) mass is 571 g/mol. The van der Waals surface area contributed by atoms with Gasteiger partial charge in [-0.2, -0.15) is 0 Å². The van der Waals surface area contributed by atoms with Gasteiger partial charge >= 0.3 is 6.36 Å². The quantitative estimate of drug-likeness (QED) is 0.286. The number of aliphatic imine (C=N–C) groups is 1. The summed E-state index contributed by atoms with van der Waals surface area (Å²) in [4.78, 5) is 4.58. The van der Waals surface area contributed by atoms with E-state index in [0.29, 0.717) is 31.0 Å². The molecular weight excluding hydrogens is 546 g/mol. The van der Waals surface area contributed by atoms with Crippen LogP contribution < -0.4 is 15.4 Å². The Bertz CT molecular complexity index is 966. The predicted molar refractivity (Wildman–Crippen MR) is 125 cm³/mol. The first kappa shape index (κ1) is 27.0. The highest BCUT2D eigenvalue weighted by molar-refractivity contribution is 14.0. The Kier molecular flexibility index (Phi) is 10.6. The lowest BCUT2D eigenvalue weighted by atomic mass is 10.1. The summed E-state index contributed by atoms with van der Waals surface area (Å²) >= 11 is 0. The van der Waals surface area contributed by atoms with Crippen molar-refractivity contribution in [2.45, 2.75) is 31.1 Å². The van der Waals surface area contributed by atoms with E-state index in [1.54, 1.807) is 30.3 Å². The molecule has 0 aliphatic rings. The van der Waals surface area contributed by atoms with Crippen LogP contribution >= 0.6 is 24.0 Å². The van der Waals surface area contributed by atoms with Crippen molar-refractivity contribution in [3.05, 3.63) is 59.7 Å². The van der Waals surface area contributed by atoms with Gasteiger partial charge in [0.25, 0.3) is 0 Å². The zero-order valence-corrected chi connectivity index (χ0v) is 20.2. The molecule has 0 aliphatic carbocycles. The maximum atomic E-state index is 12.5. The van der Waals surface area contributed by atoms with Gasteiger partial charge in [-0.1, -0.05) is 30.3 Å². The molecule has 2 aromatic carbocycles. The molecule has 0 spiro atoms. The molecule has 0 fully saturated rings. The summed E-state index contributed by atoms with van der Waals surface area (Å²) in [7, 11) is -3.24. The van der Waals surface area contributed by atoms with Crippen molar-refractivity contribution < 1.29 is 26.3 Å². The molecule has 0 aromatic heterocycles. The maximum Gasteiger partial charge on any atom is 0.573 e. The molecule has 0 saturated heterocycles. The minimum atomic E-state index is -4.77. The highest BCUT2D eigenvalue weighted by Gasteiger charge is 2.31. The van der Waals surface area contributed by atoms with Gasteiger partial charge < -0.3 is 15.4 Å². The molecular formula is C20H25F3IN3O3S. The molecule has 2 rings (SSSR count). The Balaban J connectivity index is 0.00000480. The van der Waals surface area contributed by atoms with Crippen LogP contribution in [0.1, 0.15) is 18.1 Å². The average molecular weight is 571 g/mol. The van der Waals surface area contributed by atoms with Gasteiger partial charge in [-0.25, -0.2) is 13.4 Å². The van der Waals surface area contributed by atoms with E-state index in [2.05, 4.69) is 20.4 Å².